The molecule has 2 N–H and O–H groups in total. The van der Waals surface area contributed by atoms with Crippen molar-refractivity contribution in [1.82, 2.24) is 10.6 Å². The average Bonchev–Trinajstić information content (AvgIpc) is 2.68. The summed E-state index contributed by atoms with van der Waals surface area (Å²) in [5.74, 6) is 2.09. The van der Waals surface area contributed by atoms with Crippen LogP contribution in [0.5, 0.6) is 11.5 Å². The van der Waals surface area contributed by atoms with E-state index in [2.05, 4.69) is 21.7 Å². The van der Waals surface area contributed by atoms with Gasteiger partial charge in [-0.15, -0.1) is 0 Å². The number of methoxy groups -OCH3 is 2. The van der Waals surface area contributed by atoms with Crippen molar-refractivity contribution in [3.05, 3.63) is 59.2 Å². The van der Waals surface area contributed by atoms with Gasteiger partial charge in [-0.2, -0.15) is 5.26 Å². The highest BCUT2D eigenvalue weighted by molar-refractivity contribution is 5.79. The Morgan fingerprint density at radius 1 is 0.960 bits per heavy atom. The molecule has 0 heterocycles. The fourth-order valence-electron chi connectivity index (χ4n) is 2.28. The van der Waals surface area contributed by atoms with E-state index >= 15 is 0 Å². The molecule has 0 amide bonds. The first-order valence-electron chi connectivity index (χ1n) is 7.84. The Kier molecular flexibility index (Phi) is 6.66. The smallest absolute Gasteiger partial charge is 0.191 e. The van der Waals surface area contributed by atoms with E-state index in [1.807, 2.05) is 30.3 Å². The Bertz CT molecular complexity index is 764. The highest BCUT2D eigenvalue weighted by Crippen LogP contribution is 2.27. The lowest BCUT2D eigenvalue weighted by Gasteiger charge is -2.13. The monoisotopic (exact) mass is 338 g/mol. The van der Waals surface area contributed by atoms with Gasteiger partial charge in [-0.05, 0) is 35.4 Å². The lowest BCUT2D eigenvalue weighted by molar-refractivity contribution is 0.354. The molecule has 0 atom stereocenters. The van der Waals surface area contributed by atoms with Gasteiger partial charge in [0.25, 0.3) is 0 Å². The number of ether oxygens (including phenoxy) is 2. The van der Waals surface area contributed by atoms with E-state index in [1.165, 1.54) is 0 Å². The molecule has 0 aliphatic heterocycles. The lowest BCUT2D eigenvalue weighted by Crippen LogP contribution is -2.36. The van der Waals surface area contributed by atoms with E-state index in [4.69, 9.17) is 14.7 Å². The molecule has 2 rings (SSSR count). The molecule has 0 spiro atoms. The Labute approximate surface area is 148 Å². The van der Waals surface area contributed by atoms with E-state index in [-0.39, 0.29) is 0 Å². The van der Waals surface area contributed by atoms with Gasteiger partial charge in [0, 0.05) is 20.1 Å². The van der Waals surface area contributed by atoms with E-state index in [9.17, 15) is 0 Å². The van der Waals surface area contributed by atoms with Crippen molar-refractivity contribution >= 4 is 5.96 Å². The van der Waals surface area contributed by atoms with E-state index < -0.39 is 0 Å². The van der Waals surface area contributed by atoms with Crippen LogP contribution in [0.3, 0.4) is 0 Å². The first-order valence-corrected chi connectivity index (χ1v) is 7.84. The second-order valence-corrected chi connectivity index (χ2v) is 5.28. The van der Waals surface area contributed by atoms with Crippen LogP contribution >= 0.6 is 0 Å². The van der Waals surface area contributed by atoms with Crippen LogP contribution in [0.15, 0.2) is 47.5 Å². The first-order chi connectivity index (χ1) is 12.2. The second-order valence-electron chi connectivity index (χ2n) is 5.28. The number of nitrogens with one attached hydrogen (secondary N) is 2. The minimum absolute atomic E-state index is 0.605. The molecule has 0 radical (unpaired) electrons. The van der Waals surface area contributed by atoms with Crippen molar-refractivity contribution in [3.8, 4) is 17.6 Å². The van der Waals surface area contributed by atoms with Crippen molar-refractivity contribution in [2.75, 3.05) is 21.3 Å². The van der Waals surface area contributed by atoms with Gasteiger partial charge < -0.3 is 20.1 Å². The third-order valence-corrected chi connectivity index (χ3v) is 3.67. The molecule has 0 saturated heterocycles. The summed E-state index contributed by atoms with van der Waals surface area (Å²) >= 11 is 0. The molecule has 0 bridgehead atoms. The Balaban J connectivity index is 1.90. The summed E-state index contributed by atoms with van der Waals surface area (Å²) in [4.78, 5) is 4.21. The molecule has 2 aromatic rings. The second kappa shape index (κ2) is 9.18. The summed E-state index contributed by atoms with van der Waals surface area (Å²) in [5.41, 5.74) is 2.78. The van der Waals surface area contributed by atoms with Crippen LogP contribution in [-0.4, -0.2) is 27.2 Å². The summed E-state index contributed by atoms with van der Waals surface area (Å²) in [6.07, 6.45) is 0. The normalized spacial score (nSPS) is 10.7. The van der Waals surface area contributed by atoms with Crippen LogP contribution in [0, 0.1) is 11.3 Å². The number of guanidine groups is 1. The van der Waals surface area contributed by atoms with Crippen LogP contribution in [0.25, 0.3) is 0 Å². The number of nitriles is 1. The number of rotatable bonds is 6. The van der Waals surface area contributed by atoms with Crippen LogP contribution in [0.4, 0.5) is 0 Å². The number of benzene rings is 2. The standard InChI is InChI=1S/C19H22N4O2/c1-21-19(22-12-15-6-4-14(11-20)5-7-15)23-13-16-8-9-17(24-2)18(10-16)25-3/h4-10H,12-13H2,1-3H3,(H2,21,22,23). The zero-order valence-corrected chi connectivity index (χ0v) is 14.7. The van der Waals surface area contributed by atoms with Gasteiger partial charge in [-0.25, -0.2) is 0 Å². The topological polar surface area (TPSA) is 78.7 Å². The van der Waals surface area contributed by atoms with Crippen LogP contribution in [0.1, 0.15) is 16.7 Å². The summed E-state index contributed by atoms with van der Waals surface area (Å²) in [6, 6.07) is 15.3. The molecule has 0 aromatic heterocycles. The van der Waals surface area contributed by atoms with Crippen LogP contribution in [-0.2, 0) is 13.1 Å². The zero-order valence-electron chi connectivity index (χ0n) is 14.7. The molecule has 2 aromatic carbocycles. The predicted molar refractivity (Wildman–Crippen MR) is 97.7 cm³/mol. The molecule has 0 saturated carbocycles. The van der Waals surface area contributed by atoms with Crippen LogP contribution in [0.2, 0.25) is 0 Å². The summed E-state index contributed by atoms with van der Waals surface area (Å²) < 4.78 is 10.6. The van der Waals surface area contributed by atoms with Gasteiger partial charge in [-0.1, -0.05) is 18.2 Å². The number of nitrogens with zero attached hydrogens (tertiary/aromatic N) is 2. The highest BCUT2D eigenvalue weighted by Gasteiger charge is 2.05. The molecular formula is C19H22N4O2. The van der Waals surface area contributed by atoms with Crippen LogP contribution < -0.4 is 20.1 Å². The molecular weight excluding hydrogens is 316 g/mol. The number of hydrogen-bond acceptors (Lipinski definition) is 4. The third kappa shape index (κ3) is 5.15. The first kappa shape index (κ1) is 18.1. The Morgan fingerprint density at radius 2 is 1.56 bits per heavy atom. The molecule has 6 nitrogen and oxygen atoms in total. The van der Waals surface area contributed by atoms with Gasteiger partial charge in [-0.3, -0.25) is 4.99 Å². The van der Waals surface area contributed by atoms with Gasteiger partial charge in [0.05, 0.1) is 25.9 Å². The number of hydrogen-bond donors (Lipinski definition) is 2. The summed E-state index contributed by atoms with van der Waals surface area (Å²) in [5, 5.41) is 15.3. The van der Waals surface area contributed by atoms with E-state index in [1.54, 1.807) is 33.4 Å². The third-order valence-electron chi connectivity index (χ3n) is 3.67. The predicted octanol–water partition coefficient (Wildman–Crippen LogP) is 2.44. The van der Waals surface area contributed by atoms with E-state index in [0.717, 1.165) is 11.1 Å². The Hall–Kier alpha value is -3.20. The molecule has 0 aliphatic rings. The molecule has 6 heteroatoms. The van der Waals surface area contributed by atoms with Gasteiger partial charge in [0.1, 0.15) is 0 Å². The minimum atomic E-state index is 0.605. The van der Waals surface area contributed by atoms with E-state index in [0.29, 0.717) is 36.1 Å². The quantitative estimate of drug-likeness (QED) is 0.625. The Morgan fingerprint density at radius 3 is 2.12 bits per heavy atom. The fraction of sp³-hybridized carbons (Fsp3) is 0.263. The maximum atomic E-state index is 8.82. The SMILES string of the molecule is CN=C(NCc1ccc(C#N)cc1)NCc1ccc(OC)c(OC)c1. The summed E-state index contributed by atoms with van der Waals surface area (Å²) in [7, 11) is 4.96. The van der Waals surface area contributed by atoms with Gasteiger partial charge in [0.2, 0.25) is 0 Å². The van der Waals surface area contributed by atoms with Crippen molar-refractivity contribution < 1.29 is 9.47 Å². The van der Waals surface area contributed by atoms with Gasteiger partial charge in [0.15, 0.2) is 17.5 Å². The molecule has 0 unspecified atom stereocenters. The van der Waals surface area contributed by atoms with Crippen molar-refractivity contribution in [2.45, 2.75) is 13.1 Å². The zero-order chi connectivity index (χ0) is 18.1. The average molecular weight is 338 g/mol. The number of aliphatic imine (C=N–C) groups is 1. The maximum absolute atomic E-state index is 8.82. The molecule has 0 aliphatic carbocycles. The lowest BCUT2D eigenvalue weighted by atomic mass is 10.1. The molecule has 0 fully saturated rings. The van der Waals surface area contributed by atoms with Gasteiger partial charge >= 0.3 is 0 Å². The molecule has 130 valence electrons. The molecule has 25 heavy (non-hydrogen) atoms. The summed E-state index contributed by atoms with van der Waals surface area (Å²) in [6.45, 7) is 1.23. The fourth-order valence-corrected chi connectivity index (χ4v) is 2.28. The maximum Gasteiger partial charge on any atom is 0.191 e. The minimum Gasteiger partial charge on any atom is -0.493 e. The largest absolute Gasteiger partial charge is 0.493 e. The van der Waals surface area contributed by atoms with Crippen molar-refractivity contribution in [3.63, 3.8) is 0 Å². The highest BCUT2D eigenvalue weighted by atomic mass is 16.5. The van der Waals surface area contributed by atoms with Crippen molar-refractivity contribution in [1.29, 1.82) is 5.26 Å². The van der Waals surface area contributed by atoms with Crippen molar-refractivity contribution in [2.24, 2.45) is 4.99 Å².